The number of anilines is 1. The minimum absolute atomic E-state index is 0.145. The average molecular weight is 399 g/mol. The summed E-state index contributed by atoms with van der Waals surface area (Å²) in [5.74, 6) is -0.806. The van der Waals surface area contributed by atoms with E-state index in [2.05, 4.69) is 10.6 Å². The number of carbonyl (C=O) groups is 4. The maximum absolute atomic E-state index is 12.8. The molecule has 1 fully saturated rings. The third kappa shape index (κ3) is 5.22. The Morgan fingerprint density at radius 1 is 1.07 bits per heavy atom. The number of hydrogen-bond acceptors (Lipinski definition) is 5. The summed E-state index contributed by atoms with van der Waals surface area (Å²) in [6.45, 7) is 1.22. The van der Waals surface area contributed by atoms with Gasteiger partial charge in [0.15, 0.2) is 0 Å². The molecule has 7 heteroatoms. The van der Waals surface area contributed by atoms with Crippen molar-refractivity contribution < 1.29 is 19.2 Å². The summed E-state index contributed by atoms with van der Waals surface area (Å²) >= 11 is 0. The Morgan fingerprint density at radius 3 is 2.59 bits per heavy atom. The van der Waals surface area contributed by atoms with Gasteiger partial charge in [0.25, 0.3) is 5.91 Å². The zero-order valence-corrected chi connectivity index (χ0v) is 16.7. The van der Waals surface area contributed by atoms with E-state index in [9.17, 15) is 19.2 Å². The van der Waals surface area contributed by atoms with Crippen LogP contribution in [0, 0.1) is 0 Å². The van der Waals surface area contributed by atoms with Crippen LogP contribution in [0.1, 0.15) is 73.7 Å². The summed E-state index contributed by atoms with van der Waals surface area (Å²) in [5.41, 5.74) is 2.50. The lowest BCUT2D eigenvalue weighted by molar-refractivity contribution is -0.136. The van der Waals surface area contributed by atoms with E-state index >= 15 is 0 Å². The van der Waals surface area contributed by atoms with Gasteiger partial charge < -0.3 is 15.0 Å². The molecule has 0 aromatic heterocycles. The second-order valence-corrected chi connectivity index (χ2v) is 7.74. The minimum Gasteiger partial charge on any atom is -0.385 e. The third-order valence-electron chi connectivity index (χ3n) is 5.65. The van der Waals surface area contributed by atoms with Crippen molar-refractivity contribution in [2.24, 2.45) is 0 Å². The topological polar surface area (TPSA) is 95.6 Å². The number of aldehydes is 1. The van der Waals surface area contributed by atoms with Crippen molar-refractivity contribution in [2.75, 3.05) is 11.9 Å². The summed E-state index contributed by atoms with van der Waals surface area (Å²) in [6, 6.07) is 5.05. The molecule has 1 aromatic carbocycles. The van der Waals surface area contributed by atoms with Crippen molar-refractivity contribution in [3.63, 3.8) is 0 Å². The maximum Gasteiger partial charge on any atom is 0.255 e. The molecular formula is C22H29N3O4. The summed E-state index contributed by atoms with van der Waals surface area (Å²) in [4.78, 5) is 48.2. The van der Waals surface area contributed by atoms with Crippen molar-refractivity contribution in [1.82, 2.24) is 10.2 Å². The highest BCUT2D eigenvalue weighted by molar-refractivity contribution is 6.06. The molecule has 156 valence electrons. The van der Waals surface area contributed by atoms with Gasteiger partial charge in [-0.25, -0.2) is 0 Å². The predicted molar refractivity (Wildman–Crippen MR) is 109 cm³/mol. The van der Waals surface area contributed by atoms with Gasteiger partial charge in [0.05, 0.1) is 0 Å². The van der Waals surface area contributed by atoms with Crippen molar-refractivity contribution in [3.05, 3.63) is 29.3 Å². The number of benzene rings is 1. The first kappa shape index (κ1) is 21.0. The summed E-state index contributed by atoms with van der Waals surface area (Å²) in [6.07, 6.45) is 8.86. The highest BCUT2D eigenvalue weighted by atomic mass is 16.2. The number of piperidine rings is 1. The fraction of sp³-hybridized carbons (Fsp3) is 0.545. The smallest absolute Gasteiger partial charge is 0.255 e. The number of rotatable bonds is 11. The minimum atomic E-state index is -0.584. The van der Waals surface area contributed by atoms with Crippen LogP contribution < -0.4 is 10.6 Å². The molecule has 1 unspecified atom stereocenters. The number of hydrogen-bond donors (Lipinski definition) is 2. The van der Waals surface area contributed by atoms with Gasteiger partial charge in [-0.3, -0.25) is 19.7 Å². The largest absolute Gasteiger partial charge is 0.385 e. The van der Waals surface area contributed by atoms with E-state index in [1.807, 2.05) is 12.1 Å². The van der Waals surface area contributed by atoms with Crippen LogP contribution in [0.15, 0.2) is 18.2 Å². The fourth-order valence-electron chi connectivity index (χ4n) is 4.03. The third-order valence-corrected chi connectivity index (χ3v) is 5.65. The van der Waals surface area contributed by atoms with Gasteiger partial charge in [-0.2, -0.15) is 0 Å². The zero-order chi connectivity index (χ0) is 20.6. The molecule has 7 nitrogen and oxygen atoms in total. The molecule has 0 bridgehead atoms. The van der Waals surface area contributed by atoms with Crippen LogP contribution in [-0.4, -0.2) is 41.5 Å². The first-order valence-electron chi connectivity index (χ1n) is 10.6. The van der Waals surface area contributed by atoms with Crippen LogP contribution in [0.4, 0.5) is 5.69 Å². The van der Waals surface area contributed by atoms with Crippen molar-refractivity contribution in [1.29, 1.82) is 0 Å². The number of amides is 3. The van der Waals surface area contributed by atoms with E-state index in [-0.39, 0.29) is 24.1 Å². The Balaban J connectivity index is 1.49. The number of nitrogens with zero attached hydrogens (tertiary/aromatic N) is 1. The monoisotopic (exact) mass is 399 g/mol. The van der Waals surface area contributed by atoms with E-state index in [4.69, 9.17) is 0 Å². The lowest BCUT2D eigenvalue weighted by atomic mass is 10.0. The van der Waals surface area contributed by atoms with Crippen molar-refractivity contribution >= 4 is 29.7 Å². The van der Waals surface area contributed by atoms with Crippen LogP contribution in [-0.2, 0) is 20.9 Å². The molecule has 2 aliphatic heterocycles. The number of nitrogens with one attached hydrogen (secondary N) is 2. The van der Waals surface area contributed by atoms with Crippen LogP contribution in [0.25, 0.3) is 0 Å². The van der Waals surface area contributed by atoms with Crippen molar-refractivity contribution in [2.45, 2.75) is 70.4 Å². The second-order valence-electron chi connectivity index (χ2n) is 7.74. The lowest BCUT2D eigenvalue weighted by Gasteiger charge is -2.29. The zero-order valence-electron chi connectivity index (χ0n) is 16.7. The van der Waals surface area contributed by atoms with Crippen LogP contribution in [0.5, 0.6) is 0 Å². The number of fused-ring (bicyclic) bond motifs is 1. The normalized spacial score (nSPS) is 18.6. The Morgan fingerprint density at radius 2 is 1.83 bits per heavy atom. The van der Waals surface area contributed by atoms with Gasteiger partial charge in [0, 0.05) is 42.7 Å². The molecule has 0 radical (unpaired) electrons. The molecule has 29 heavy (non-hydrogen) atoms. The van der Waals surface area contributed by atoms with Gasteiger partial charge in [-0.1, -0.05) is 31.7 Å². The quantitative estimate of drug-likeness (QED) is 0.339. The number of unbranched alkanes of at least 4 members (excludes halogenated alkanes) is 6. The Bertz CT molecular complexity index is 777. The number of carbonyl (C=O) groups excluding carboxylic acids is 4. The van der Waals surface area contributed by atoms with Gasteiger partial charge in [-0.05, 0) is 31.4 Å². The highest BCUT2D eigenvalue weighted by Gasteiger charge is 2.39. The molecule has 0 spiro atoms. The Hall–Kier alpha value is -2.70. The van der Waals surface area contributed by atoms with Gasteiger partial charge >= 0.3 is 0 Å². The molecule has 1 saturated heterocycles. The molecule has 2 N–H and O–H groups in total. The Labute approximate surface area is 171 Å². The average Bonchev–Trinajstić information content (AvgIpc) is 3.04. The highest BCUT2D eigenvalue weighted by Crippen LogP contribution is 2.32. The molecule has 0 saturated carbocycles. The first-order chi connectivity index (χ1) is 14.1. The maximum atomic E-state index is 12.8. The van der Waals surface area contributed by atoms with Crippen LogP contribution in [0.2, 0.25) is 0 Å². The summed E-state index contributed by atoms with van der Waals surface area (Å²) in [7, 11) is 0. The van der Waals surface area contributed by atoms with E-state index in [1.54, 1.807) is 11.0 Å². The lowest BCUT2D eigenvalue weighted by Crippen LogP contribution is -2.52. The van der Waals surface area contributed by atoms with Gasteiger partial charge in [-0.15, -0.1) is 0 Å². The molecule has 2 heterocycles. The molecule has 3 amide bonds. The molecular weight excluding hydrogens is 370 g/mol. The molecule has 1 atom stereocenters. The summed E-state index contributed by atoms with van der Waals surface area (Å²) in [5, 5.41) is 5.77. The number of imide groups is 1. The standard InChI is InChI=1S/C22H29N3O4/c26-14-7-5-3-1-2-4-6-13-23-18-10-8-9-16-17(18)15-25(22(16)29)19-11-12-20(27)24-21(19)28/h8-10,14,19,23H,1-7,11-13,15H2,(H,24,27,28). The van der Waals surface area contributed by atoms with E-state index < -0.39 is 6.04 Å². The Kier molecular flexibility index (Phi) is 7.38. The summed E-state index contributed by atoms with van der Waals surface area (Å²) < 4.78 is 0. The van der Waals surface area contributed by atoms with Crippen LogP contribution >= 0.6 is 0 Å². The molecule has 1 aromatic rings. The van der Waals surface area contributed by atoms with Gasteiger partial charge in [0.2, 0.25) is 11.8 Å². The SMILES string of the molecule is O=CCCCCCCCCNc1cccc2c1CN(C1CCC(=O)NC1=O)C2=O. The van der Waals surface area contributed by atoms with E-state index in [0.29, 0.717) is 24.9 Å². The van der Waals surface area contributed by atoms with Crippen molar-refractivity contribution in [3.8, 4) is 0 Å². The fourth-order valence-corrected chi connectivity index (χ4v) is 4.03. The van der Waals surface area contributed by atoms with Gasteiger partial charge in [0.1, 0.15) is 12.3 Å². The second kappa shape index (κ2) is 10.2. The molecule has 3 rings (SSSR count). The predicted octanol–water partition coefficient (Wildman–Crippen LogP) is 2.79. The first-order valence-corrected chi connectivity index (χ1v) is 10.6. The van der Waals surface area contributed by atoms with E-state index in [0.717, 1.165) is 62.6 Å². The molecule has 0 aliphatic carbocycles. The van der Waals surface area contributed by atoms with E-state index in [1.165, 1.54) is 0 Å². The van der Waals surface area contributed by atoms with Crippen LogP contribution in [0.3, 0.4) is 0 Å². The molecule has 2 aliphatic rings.